The molecule has 4 amide bonds. The Labute approximate surface area is 413 Å². The molecule has 70 heavy (non-hydrogen) atoms. The zero-order chi connectivity index (χ0) is 51.0. The number of phenolic OH excluding ortho intramolecular Hbond substituents is 1. The lowest BCUT2D eigenvalue weighted by atomic mass is 9.84. The molecule has 378 valence electrons. The van der Waals surface area contributed by atoms with E-state index < -0.39 is 52.8 Å². The number of pyridine rings is 1. The number of fused-ring (bicyclic) bond motifs is 6. The number of nitrogens with one attached hydrogen (secondary N) is 2. The molecule has 0 unspecified atom stereocenters. The molecule has 5 heterocycles. The minimum absolute atomic E-state index is 0.0105. The number of hydrogen-bond donors (Lipinski definition) is 3. The van der Waals surface area contributed by atoms with Crippen LogP contribution >= 0.6 is 0 Å². The Hall–Kier alpha value is -5.84. The number of esters is 1. The molecule has 16 heteroatoms. The van der Waals surface area contributed by atoms with Crippen molar-refractivity contribution in [2.24, 2.45) is 17.3 Å². The van der Waals surface area contributed by atoms with Gasteiger partial charge in [-0.05, 0) is 132 Å². The molecule has 0 saturated carbocycles. The number of cyclic esters (lactones) is 1. The number of likely N-dealkylation sites (tertiary alicyclic amines) is 1. The van der Waals surface area contributed by atoms with E-state index in [-0.39, 0.29) is 55.7 Å². The predicted octanol–water partition coefficient (Wildman–Crippen LogP) is 6.12. The van der Waals surface area contributed by atoms with Crippen molar-refractivity contribution in [3.63, 3.8) is 0 Å². The lowest BCUT2D eigenvalue weighted by Crippen LogP contribution is -2.62. The average Bonchev–Trinajstić information content (AvgIpc) is 3.94. The standard InChI is InChI=1S/C54H74N8O8/c1-13-61-44-19-18-35-28-40(44)41(47(61)39-16-14-21-55-45(39)33(4)69-12)29-53(5,6)31-70-51(67)42-17-15-22-62(57-42)50(66)43(26-34-24-37(35)27-38(63)25-34)56-48(64)46(32(2)3)59(11)49(65)36-20-23-60(30-36)52(68)54(7,8)58(9)10/h14,16,18-19,21,24-25,27-28,32-33,36,42-43,46,57,63H,13,15,17,20,22-23,26,29-31H2,1-12H3,(H,56,64)/t33-,36-,42-,43-,46-/m0/s1. The molecule has 4 aromatic rings. The van der Waals surface area contributed by atoms with E-state index >= 15 is 0 Å². The number of ether oxygens (including phenoxy) is 2. The molecule has 6 bridgehead atoms. The fraction of sp³-hybridized carbons (Fsp3) is 0.556. The second-order valence-corrected chi connectivity index (χ2v) is 21.4. The van der Waals surface area contributed by atoms with Gasteiger partial charge in [0.25, 0.3) is 5.91 Å². The Morgan fingerprint density at radius 2 is 1.77 bits per heavy atom. The van der Waals surface area contributed by atoms with Crippen LogP contribution in [0.2, 0.25) is 0 Å². The quantitative estimate of drug-likeness (QED) is 0.148. The number of nitrogens with zero attached hydrogens (tertiary/aromatic N) is 6. The van der Waals surface area contributed by atoms with Crippen LogP contribution in [0.3, 0.4) is 0 Å². The zero-order valence-electron chi connectivity index (χ0n) is 43.2. The number of carbonyl (C=O) groups is 5. The maximum atomic E-state index is 14.8. The number of phenols is 1. The van der Waals surface area contributed by atoms with Gasteiger partial charge in [-0.1, -0.05) is 39.8 Å². The van der Waals surface area contributed by atoms with Crippen molar-refractivity contribution in [2.75, 3.05) is 54.5 Å². The van der Waals surface area contributed by atoms with Gasteiger partial charge in [0.2, 0.25) is 17.7 Å². The Kier molecular flexibility index (Phi) is 15.5. The number of hydrazine groups is 1. The normalized spacial score (nSPS) is 20.9. The van der Waals surface area contributed by atoms with Gasteiger partial charge < -0.3 is 34.3 Å². The van der Waals surface area contributed by atoms with Crippen LogP contribution in [0.5, 0.6) is 5.75 Å². The van der Waals surface area contributed by atoms with E-state index in [0.717, 1.165) is 44.5 Å². The predicted molar refractivity (Wildman–Crippen MR) is 269 cm³/mol. The zero-order valence-corrected chi connectivity index (χ0v) is 43.2. The molecule has 3 N–H and O–H groups in total. The Bertz CT molecular complexity index is 2620. The lowest BCUT2D eigenvalue weighted by Gasteiger charge is -2.37. The molecule has 3 aliphatic heterocycles. The molecule has 0 aliphatic carbocycles. The minimum atomic E-state index is -1.17. The molecule has 0 spiro atoms. The van der Waals surface area contributed by atoms with Crippen molar-refractivity contribution in [2.45, 2.75) is 124 Å². The van der Waals surface area contributed by atoms with E-state index in [4.69, 9.17) is 14.5 Å². The van der Waals surface area contributed by atoms with E-state index in [0.29, 0.717) is 44.3 Å². The van der Waals surface area contributed by atoms with Crippen LogP contribution in [0.1, 0.15) is 97.6 Å². The second kappa shape index (κ2) is 20.9. The van der Waals surface area contributed by atoms with Gasteiger partial charge in [-0.15, -0.1) is 0 Å². The maximum Gasteiger partial charge on any atom is 0.324 e. The number of likely N-dealkylation sites (N-methyl/N-ethyl adjacent to an activating group) is 2. The van der Waals surface area contributed by atoms with Gasteiger partial charge >= 0.3 is 5.97 Å². The van der Waals surface area contributed by atoms with E-state index in [1.807, 2.05) is 71.8 Å². The topological polar surface area (TPSA) is 179 Å². The summed E-state index contributed by atoms with van der Waals surface area (Å²) in [7, 11) is 6.98. The average molecular weight is 963 g/mol. The van der Waals surface area contributed by atoms with Crippen LogP contribution in [0, 0.1) is 17.3 Å². The first-order chi connectivity index (χ1) is 33.1. The number of benzene rings is 2. The summed E-state index contributed by atoms with van der Waals surface area (Å²) in [6.45, 7) is 17.4. The van der Waals surface area contributed by atoms with Crippen molar-refractivity contribution in [3.05, 3.63) is 71.5 Å². The van der Waals surface area contributed by atoms with E-state index in [2.05, 4.69) is 54.3 Å². The SMILES string of the molecule is CCn1c(-c2cccnc2[C@H](C)OC)c2c3cc(ccc31)-c1cc(O)cc(c1)C[C@H](NC(=O)[C@H](C(C)C)N(C)C(=O)[C@H]1CCN(C(=O)C(C)(C)N(C)C)C1)C(=O)N1CCC[C@H](N1)C(=O)OCC(C)(C)C2. The van der Waals surface area contributed by atoms with Gasteiger partial charge in [0.1, 0.15) is 23.9 Å². The van der Waals surface area contributed by atoms with Gasteiger partial charge in [-0.3, -0.25) is 38.9 Å². The van der Waals surface area contributed by atoms with Gasteiger partial charge in [0, 0.05) is 74.8 Å². The number of methoxy groups -OCH3 is 1. The fourth-order valence-corrected chi connectivity index (χ4v) is 10.4. The van der Waals surface area contributed by atoms with Gasteiger partial charge in [0.15, 0.2) is 0 Å². The Balaban J connectivity index is 1.27. The number of hydrogen-bond acceptors (Lipinski definition) is 11. The number of amides is 4. The summed E-state index contributed by atoms with van der Waals surface area (Å²) in [4.78, 5) is 81.0. The third-order valence-electron chi connectivity index (χ3n) is 14.8. The van der Waals surface area contributed by atoms with Crippen LogP contribution in [-0.4, -0.2) is 142 Å². The summed E-state index contributed by atoms with van der Waals surface area (Å²) >= 11 is 0. The highest BCUT2D eigenvalue weighted by atomic mass is 16.5. The molecular formula is C54H74N8O8. The highest BCUT2D eigenvalue weighted by Crippen LogP contribution is 2.42. The summed E-state index contributed by atoms with van der Waals surface area (Å²) in [5.41, 5.74) is 8.79. The molecule has 2 aromatic carbocycles. The maximum absolute atomic E-state index is 14.8. The smallest absolute Gasteiger partial charge is 0.324 e. The molecule has 2 fully saturated rings. The van der Waals surface area contributed by atoms with E-state index in [1.165, 1.54) is 9.91 Å². The minimum Gasteiger partial charge on any atom is -0.508 e. The summed E-state index contributed by atoms with van der Waals surface area (Å²) in [5.74, 6) is -2.66. The largest absolute Gasteiger partial charge is 0.508 e. The summed E-state index contributed by atoms with van der Waals surface area (Å²) < 4.78 is 14.2. The van der Waals surface area contributed by atoms with Crippen LogP contribution in [0.25, 0.3) is 33.3 Å². The first kappa shape index (κ1) is 52.0. The van der Waals surface area contributed by atoms with Crippen molar-refractivity contribution < 1.29 is 38.6 Å². The Morgan fingerprint density at radius 3 is 2.46 bits per heavy atom. The highest BCUT2D eigenvalue weighted by molar-refractivity contribution is 5.96. The summed E-state index contributed by atoms with van der Waals surface area (Å²) in [6, 6.07) is 12.5. The Morgan fingerprint density at radius 1 is 1.03 bits per heavy atom. The van der Waals surface area contributed by atoms with Crippen LogP contribution in [-0.2, 0) is 52.8 Å². The first-order valence-electron chi connectivity index (χ1n) is 24.8. The molecule has 16 nitrogen and oxygen atoms in total. The van der Waals surface area contributed by atoms with Crippen molar-refractivity contribution >= 4 is 40.5 Å². The summed E-state index contributed by atoms with van der Waals surface area (Å²) in [6.07, 6.45) is 3.43. The second-order valence-electron chi connectivity index (χ2n) is 21.4. The number of carbonyl (C=O) groups excluding carboxylic acids is 5. The highest BCUT2D eigenvalue weighted by Gasteiger charge is 2.43. The van der Waals surface area contributed by atoms with Crippen LogP contribution < -0.4 is 10.7 Å². The lowest BCUT2D eigenvalue weighted by molar-refractivity contribution is -0.155. The molecule has 0 radical (unpaired) electrons. The molecule has 3 aliphatic rings. The molecule has 2 saturated heterocycles. The number of aromatic hydroxyl groups is 1. The first-order valence-corrected chi connectivity index (χ1v) is 24.8. The van der Waals surface area contributed by atoms with Gasteiger partial charge in [-0.25, -0.2) is 5.43 Å². The number of rotatable bonds is 11. The molecule has 2 aromatic heterocycles. The van der Waals surface area contributed by atoms with Crippen molar-refractivity contribution in [3.8, 4) is 28.1 Å². The third-order valence-corrected chi connectivity index (χ3v) is 14.8. The number of aromatic nitrogens is 2. The van der Waals surface area contributed by atoms with Gasteiger partial charge in [-0.2, -0.15) is 0 Å². The van der Waals surface area contributed by atoms with E-state index in [9.17, 15) is 29.1 Å². The molecule has 5 atom stereocenters. The van der Waals surface area contributed by atoms with Crippen LogP contribution in [0.4, 0.5) is 0 Å². The van der Waals surface area contributed by atoms with Crippen LogP contribution in [0.15, 0.2) is 54.7 Å². The van der Waals surface area contributed by atoms with Crippen molar-refractivity contribution in [1.29, 1.82) is 0 Å². The van der Waals surface area contributed by atoms with E-state index in [1.54, 1.807) is 37.4 Å². The van der Waals surface area contributed by atoms with Crippen molar-refractivity contribution in [1.82, 2.24) is 40.0 Å². The molecular weight excluding hydrogens is 889 g/mol. The molecule has 7 rings (SSSR count). The monoisotopic (exact) mass is 963 g/mol. The van der Waals surface area contributed by atoms with Gasteiger partial charge in [0.05, 0.1) is 35.6 Å². The summed E-state index contributed by atoms with van der Waals surface area (Å²) in [5, 5.41) is 16.8. The third kappa shape index (κ3) is 10.6. The fourth-order valence-electron chi connectivity index (χ4n) is 10.4. The number of aryl methyl sites for hydroxylation is 1.